The summed E-state index contributed by atoms with van der Waals surface area (Å²) in [7, 11) is 1.54. The minimum Gasteiger partial charge on any atom is -0.493 e. The van der Waals surface area contributed by atoms with Gasteiger partial charge in [0.25, 0.3) is 0 Å². The second-order valence-electron chi connectivity index (χ2n) is 6.28. The molecule has 2 rings (SSSR count). The zero-order valence-electron chi connectivity index (χ0n) is 15.5. The first-order valence-corrected chi connectivity index (χ1v) is 9.05. The fourth-order valence-corrected chi connectivity index (χ4v) is 3.10. The summed E-state index contributed by atoms with van der Waals surface area (Å²) in [6.45, 7) is 6.66. The van der Waals surface area contributed by atoms with Gasteiger partial charge in [-0.05, 0) is 44.0 Å². The van der Waals surface area contributed by atoms with Crippen molar-refractivity contribution in [1.29, 1.82) is 0 Å². The van der Waals surface area contributed by atoms with Gasteiger partial charge in [-0.25, -0.2) is 0 Å². The largest absolute Gasteiger partial charge is 0.493 e. The minimum atomic E-state index is -0.430. The van der Waals surface area contributed by atoms with E-state index < -0.39 is 6.04 Å². The van der Waals surface area contributed by atoms with Crippen LogP contribution in [0.3, 0.4) is 0 Å². The predicted molar refractivity (Wildman–Crippen MR) is 102 cm³/mol. The molecule has 1 aliphatic heterocycles. The van der Waals surface area contributed by atoms with Crippen molar-refractivity contribution in [2.75, 3.05) is 20.2 Å². The summed E-state index contributed by atoms with van der Waals surface area (Å²) in [5.74, 6) is 0.665. The van der Waals surface area contributed by atoms with Gasteiger partial charge < -0.3 is 19.7 Å². The second kappa shape index (κ2) is 8.94. The van der Waals surface area contributed by atoms with Crippen molar-refractivity contribution >= 4 is 29.5 Å². The number of benzene rings is 1. The second-order valence-corrected chi connectivity index (χ2v) is 6.69. The van der Waals surface area contributed by atoms with Crippen LogP contribution in [-0.2, 0) is 9.59 Å². The predicted octanol–water partition coefficient (Wildman–Crippen LogP) is 2.89. The zero-order chi connectivity index (χ0) is 19.3. The number of piperazine rings is 1. The van der Waals surface area contributed by atoms with E-state index in [1.54, 1.807) is 23.1 Å². The molecule has 1 unspecified atom stereocenters. The standard InChI is InChI=1S/C19H25ClN2O4/c1-5-15-19(24)21-8-9-22(15)17(23)7-6-13-10-14(20)18(26-12(2)3)16(11-13)25-4/h6-7,10-12,15H,5,8-9H2,1-4H3,(H,21,24)/b7-6+. The monoisotopic (exact) mass is 380 g/mol. The molecule has 1 saturated heterocycles. The lowest BCUT2D eigenvalue weighted by Gasteiger charge is -2.33. The summed E-state index contributed by atoms with van der Waals surface area (Å²) in [5, 5.41) is 3.19. The molecule has 0 bridgehead atoms. The molecule has 0 aliphatic carbocycles. The summed E-state index contributed by atoms with van der Waals surface area (Å²) < 4.78 is 11.0. The Balaban J connectivity index is 2.20. The van der Waals surface area contributed by atoms with Crippen molar-refractivity contribution in [2.24, 2.45) is 0 Å². The third kappa shape index (κ3) is 4.69. The molecular formula is C19H25ClN2O4. The van der Waals surface area contributed by atoms with Crippen LogP contribution in [0.4, 0.5) is 0 Å². The Morgan fingerprint density at radius 2 is 2.19 bits per heavy atom. The fraction of sp³-hybridized carbons (Fsp3) is 0.474. The highest BCUT2D eigenvalue weighted by Gasteiger charge is 2.30. The van der Waals surface area contributed by atoms with Crippen LogP contribution in [0.25, 0.3) is 6.08 Å². The number of rotatable bonds is 6. The zero-order valence-corrected chi connectivity index (χ0v) is 16.3. The number of carbonyl (C=O) groups excluding carboxylic acids is 2. The smallest absolute Gasteiger partial charge is 0.247 e. The highest BCUT2D eigenvalue weighted by Crippen LogP contribution is 2.37. The average molecular weight is 381 g/mol. The van der Waals surface area contributed by atoms with Crippen molar-refractivity contribution in [3.8, 4) is 11.5 Å². The summed E-state index contributed by atoms with van der Waals surface area (Å²) >= 11 is 6.30. The molecule has 1 aliphatic rings. The average Bonchev–Trinajstić information content (AvgIpc) is 2.60. The summed E-state index contributed by atoms with van der Waals surface area (Å²) in [5.41, 5.74) is 0.714. The molecule has 6 nitrogen and oxygen atoms in total. The molecule has 1 aromatic carbocycles. The first-order chi connectivity index (χ1) is 12.4. The number of ether oxygens (including phenoxy) is 2. The lowest BCUT2D eigenvalue weighted by molar-refractivity contribution is -0.140. The van der Waals surface area contributed by atoms with Crippen LogP contribution in [0.15, 0.2) is 18.2 Å². The van der Waals surface area contributed by atoms with Crippen molar-refractivity contribution in [3.63, 3.8) is 0 Å². The molecule has 1 fully saturated rings. The number of nitrogens with zero attached hydrogens (tertiary/aromatic N) is 1. The third-order valence-corrected chi connectivity index (χ3v) is 4.31. The van der Waals surface area contributed by atoms with E-state index >= 15 is 0 Å². The molecule has 0 spiro atoms. The van der Waals surface area contributed by atoms with Crippen molar-refractivity contribution in [1.82, 2.24) is 10.2 Å². The number of methoxy groups -OCH3 is 1. The molecule has 142 valence electrons. The quantitative estimate of drug-likeness (QED) is 0.770. The summed E-state index contributed by atoms with van der Waals surface area (Å²) in [6, 6.07) is 3.04. The maximum Gasteiger partial charge on any atom is 0.247 e. The van der Waals surface area contributed by atoms with E-state index in [-0.39, 0.29) is 17.9 Å². The molecule has 0 saturated carbocycles. The Morgan fingerprint density at radius 3 is 2.81 bits per heavy atom. The van der Waals surface area contributed by atoms with Gasteiger partial charge in [-0.2, -0.15) is 0 Å². The maximum atomic E-state index is 12.5. The normalized spacial score (nSPS) is 17.5. The minimum absolute atomic E-state index is 0.0411. The SMILES string of the molecule is CCC1C(=O)NCCN1C(=O)/C=C/c1cc(Cl)c(OC(C)C)c(OC)c1. The van der Waals surface area contributed by atoms with E-state index in [4.69, 9.17) is 21.1 Å². The molecule has 1 N–H and O–H groups in total. The van der Waals surface area contributed by atoms with E-state index in [2.05, 4.69) is 5.32 Å². The molecule has 1 atom stereocenters. The van der Waals surface area contributed by atoms with Gasteiger partial charge in [0.05, 0.1) is 18.2 Å². The molecule has 1 heterocycles. The van der Waals surface area contributed by atoms with E-state index in [9.17, 15) is 9.59 Å². The third-order valence-electron chi connectivity index (χ3n) is 4.02. The van der Waals surface area contributed by atoms with Gasteiger partial charge in [-0.15, -0.1) is 0 Å². The van der Waals surface area contributed by atoms with Crippen LogP contribution in [0.1, 0.15) is 32.8 Å². The summed E-state index contributed by atoms with van der Waals surface area (Å²) in [6.07, 6.45) is 3.65. The molecule has 26 heavy (non-hydrogen) atoms. The maximum absolute atomic E-state index is 12.5. The molecule has 1 aromatic rings. The number of carbonyl (C=O) groups is 2. The van der Waals surface area contributed by atoms with E-state index in [1.807, 2.05) is 20.8 Å². The summed E-state index contributed by atoms with van der Waals surface area (Å²) in [4.78, 5) is 26.0. The number of hydrogen-bond acceptors (Lipinski definition) is 4. The van der Waals surface area contributed by atoms with Crippen LogP contribution < -0.4 is 14.8 Å². The van der Waals surface area contributed by atoms with E-state index in [0.717, 1.165) is 0 Å². The van der Waals surface area contributed by atoms with Crippen LogP contribution in [0.2, 0.25) is 5.02 Å². The molecule has 0 aromatic heterocycles. The fourth-order valence-electron chi connectivity index (χ4n) is 2.83. The molecule has 0 radical (unpaired) electrons. The van der Waals surface area contributed by atoms with Crippen molar-refractivity contribution in [2.45, 2.75) is 39.3 Å². The highest BCUT2D eigenvalue weighted by molar-refractivity contribution is 6.32. The van der Waals surface area contributed by atoms with Crippen LogP contribution in [0.5, 0.6) is 11.5 Å². The Morgan fingerprint density at radius 1 is 1.46 bits per heavy atom. The number of halogens is 1. The van der Waals surface area contributed by atoms with Gasteiger partial charge in [0, 0.05) is 19.2 Å². The Hall–Kier alpha value is -2.21. The highest BCUT2D eigenvalue weighted by atomic mass is 35.5. The Labute approximate surface area is 159 Å². The lowest BCUT2D eigenvalue weighted by Crippen LogP contribution is -2.56. The van der Waals surface area contributed by atoms with Crippen LogP contribution >= 0.6 is 11.6 Å². The van der Waals surface area contributed by atoms with E-state index in [0.29, 0.717) is 41.6 Å². The van der Waals surface area contributed by atoms with Crippen LogP contribution in [-0.4, -0.2) is 49.1 Å². The molecule has 2 amide bonds. The topological polar surface area (TPSA) is 67.9 Å². The first kappa shape index (κ1) is 20.1. The van der Waals surface area contributed by atoms with Crippen LogP contribution in [0, 0.1) is 0 Å². The van der Waals surface area contributed by atoms with Crippen molar-refractivity contribution in [3.05, 3.63) is 28.8 Å². The van der Waals surface area contributed by atoms with Gasteiger partial charge in [0.2, 0.25) is 11.8 Å². The van der Waals surface area contributed by atoms with Gasteiger partial charge in [-0.3, -0.25) is 9.59 Å². The van der Waals surface area contributed by atoms with Gasteiger partial charge >= 0.3 is 0 Å². The molecular weight excluding hydrogens is 356 g/mol. The Kier molecular flexibility index (Phi) is 6.91. The first-order valence-electron chi connectivity index (χ1n) is 8.68. The van der Waals surface area contributed by atoms with Gasteiger partial charge in [-0.1, -0.05) is 18.5 Å². The van der Waals surface area contributed by atoms with E-state index in [1.165, 1.54) is 13.2 Å². The van der Waals surface area contributed by atoms with Gasteiger partial charge in [0.15, 0.2) is 11.5 Å². The lowest BCUT2D eigenvalue weighted by atomic mass is 10.1. The van der Waals surface area contributed by atoms with Crippen molar-refractivity contribution < 1.29 is 19.1 Å². The van der Waals surface area contributed by atoms with Gasteiger partial charge in [0.1, 0.15) is 6.04 Å². The molecule has 7 heteroatoms. The number of nitrogens with one attached hydrogen (secondary N) is 1. The Bertz CT molecular complexity index is 703. The number of hydrogen-bond donors (Lipinski definition) is 1. The number of amides is 2.